The van der Waals surface area contributed by atoms with Crippen molar-refractivity contribution in [1.82, 2.24) is 0 Å². The van der Waals surface area contributed by atoms with Crippen molar-refractivity contribution in [2.45, 2.75) is 12.8 Å². The summed E-state index contributed by atoms with van der Waals surface area (Å²) in [6.07, 6.45) is 4.73. The van der Waals surface area contributed by atoms with Crippen molar-refractivity contribution < 1.29 is 0 Å². The summed E-state index contributed by atoms with van der Waals surface area (Å²) in [5, 5.41) is 2.79. The first-order valence-corrected chi connectivity index (χ1v) is 6.97. The van der Waals surface area contributed by atoms with E-state index in [1.807, 2.05) is 0 Å². The second-order valence-electron chi connectivity index (χ2n) is 3.78. The Balaban J connectivity index is 2.26. The van der Waals surface area contributed by atoms with Gasteiger partial charge in [0.2, 0.25) is 0 Å². The first-order valence-electron chi connectivity index (χ1n) is 5.44. The van der Waals surface area contributed by atoms with E-state index >= 15 is 0 Å². The molecule has 0 saturated heterocycles. The minimum Gasteiger partial charge on any atom is -0.0616 e. The number of benzene rings is 2. The van der Waals surface area contributed by atoms with E-state index in [0.29, 0.717) is 0 Å². The van der Waals surface area contributed by atoms with Crippen LogP contribution in [-0.4, -0.2) is 12.0 Å². The normalized spacial score (nSPS) is 10.7. The van der Waals surface area contributed by atoms with Crippen LogP contribution in [0.15, 0.2) is 42.5 Å². The van der Waals surface area contributed by atoms with E-state index in [4.69, 9.17) is 0 Å². The molecular formula is C14H17S+. The molecule has 0 saturated carbocycles. The molecule has 0 atom stereocenters. The van der Waals surface area contributed by atoms with Crippen LogP contribution in [0.1, 0.15) is 12.0 Å². The van der Waals surface area contributed by atoms with Gasteiger partial charge in [-0.25, -0.2) is 0 Å². The summed E-state index contributed by atoms with van der Waals surface area (Å²) >= 11 is 1.51. The number of thiol groups is 1. The second kappa shape index (κ2) is 5.22. The Labute approximate surface area is 95.7 Å². The molecule has 2 rings (SSSR count). The SMILES string of the molecule is C[SH+]CCCc1cccc2ccccc12. The van der Waals surface area contributed by atoms with Crippen molar-refractivity contribution in [1.29, 1.82) is 0 Å². The van der Waals surface area contributed by atoms with Crippen LogP contribution in [0.4, 0.5) is 0 Å². The first-order chi connectivity index (χ1) is 7.42. The summed E-state index contributed by atoms with van der Waals surface area (Å²) in [4.78, 5) is 0. The summed E-state index contributed by atoms with van der Waals surface area (Å²) in [6, 6.07) is 15.3. The maximum Gasteiger partial charge on any atom is 0.105 e. The molecule has 0 aromatic heterocycles. The van der Waals surface area contributed by atoms with Crippen molar-refractivity contribution in [3.05, 3.63) is 48.0 Å². The molecule has 0 amide bonds. The van der Waals surface area contributed by atoms with Gasteiger partial charge in [0.05, 0.1) is 6.26 Å². The zero-order valence-electron chi connectivity index (χ0n) is 9.11. The lowest BCUT2D eigenvalue weighted by molar-refractivity contribution is 0.942. The Bertz CT molecular complexity index is 429. The number of rotatable bonds is 4. The molecule has 0 nitrogen and oxygen atoms in total. The fourth-order valence-electron chi connectivity index (χ4n) is 1.94. The largest absolute Gasteiger partial charge is 0.105 e. The van der Waals surface area contributed by atoms with Crippen molar-refractivity contribution in [3.8, 4) is 0 Å². The molecular weight excluding hydrogens is 200 g/mol. The van der Waals surface area contributed by atoms with Crippen LogP contribution in [-0.2, 0) is 18.2 Å². The number of hydrogen-bond acceptors (Lipinski definition) is 0. The van der Waals surface area contributed by atoms with Crippen LogP contribution in [0.5, 0.6) is 0 Å². The third-order valence-corrected chi connectivity index (χ3v) is 3.47. The third kappa shape index (κ3) is 2.54. The van der Waals surface area contributed by atoms with Gasteiger partial charge in [0.25, 0.3) is 0 Å². The zero-order chi connectivity index (χ0) is 10.5. The molecule has 0 N–H and O–H groups in total. The Kier molecular flexibility index (Phi) is 3.68. The van der Waals surface area contributed by atoms with Crippen molar-refractivity contribution in [2.24, 2.45) is 0 Å². The topological polar surface area (TPSA) is 0 Å². The summed E-state index contributed by atoms with van der Waals surface area (Å²) < 4.78 is 0. The van der Waals surface area contributed by atoms with Gasteiger partial charge in [-0.3, -0.25) is 0 Å². The van der Waals surface area contributed by atoms with Gasteiger partial charge in [0.15, 0.2) is 0 Å². The van der Waals surface area contributed by atoms with Crippen molar-refractivity contribution >= 4 is 22.5 Å². The summed E-state index contributed by atoms with van der Waals surface area (Å²) in [7, 11) is 0. The maximum atomic E-state index is 2.26. The number of hydrogen-bond donors (Lipinski definition) is 0. The van der Waals surface area contributed by atoms with Gasteiger partial charge in [-0.15, -0.1) is 0 Å². The monoisotopic (exact) mass is 217 g/mol. The zero-order valence-corrected chi connectivity index (χ0v) is 10.0. The molecule has 78 valence electrons. The molecule has 0 fully saturated rings. The van der Waals surface area contributed by atoms with E-state index in [1.54, 1.807) is 0 Å². The van der Waals surface area contributed by atoms with Crippen LogP contribution < -0.4 is 0 Å². The lowest BCUT2D eigenvalue weighted by Crippen LogP contribution is -1.92. The van der Waals surface area contributed by atoms with Gasteiger partial charge in [0.1, 0.15) is 5.75 Å². The lowest BCUT2D eigenvalue weighted by Gasteiger charge is -2.04. The Morgan fingerprint density at radius 2 is 1.80 bits per heavy atom. The smallest absolute Gasteiger partial charge is 0.0616 e. The molecule has 2 aromatic rings. The Hall–Kier alpha value is -0.950. The quantitative estimate of drug-likeness (QED) is 0.419. The first kappa shape index (κ1) is 10.6. The molecule has 1 heteroatoms. The highest BCUT2D eigenvalue weighted by molar-refractivity contribution is 7.77. The Morgan fingerprint density at radius 1 is 1.00 bits per heavy atom. The predicted molar refractivity (Wildman–Crippen MR) is 71.8 cm³/mol. The molecule has 2 aromatic carbocycles. The molecule has 0 heterocycles. The highest BCUT2D eigenvalue weighted by atomic mass is 32.2. The Morgan fingerprint density at radius 3 is 2.67 bits per heavy atom. The van der Waals surface area contributed by atoms with Gasteiger partial charge in [-0.1, -0.05) is 42.5 Å². The summed E-state index contributed by atoms with van der Waals surface area (Å²) in [6.45, 7) is 0. The highest BCUT2D eigenvalue weighted by Crippen LogP contribution is 2.19. The highest BCUT2D eigenvalue weighted by Gasteiger charge is 2.00. The van der Waals surface area contributed by atoms with Crippen LogP contribution in [0, 0.1) is 0 Å². The van der Waals surface area contributed by atoms with E-state index < -0.39 is 0 Å². The van der Waals surface area contributed by atoms with E-state index in [2.05, 4.69) is 48.7 Å². The van der Waals surface area contributed by atoms with E-state index in [0.717, 1.165) is 0 Å². The summed E-state index contributed by atoms with van der Waals surface area (Å²) in [5.41, 5.74) is 1.50. The van der Waals surface area contributed by atoms with Gasteiger partial charge < -0.3 is 0 Å². The van der Waals surface area contributed by atoms with Crippen LogP contribution in [0.3, 0.4) is 0 Å². The predicted octanol–water partition coefficient (Wildman–Crippen LogP) is 3.22. The molecule has 0 radical (unpaired) electrons. The van der Waals surface area contributed by atoms with Gasteiger partial charge in [0, 0.05) is 0 Å². The fraction of sp³-hybridized carbons (Fsp3) is 0.286. The van der Waals surface area contributed by atoms with Gasteiger partial charge in [-0.05, 0) is 40.9 Å². The second-order valence-corrected chi connectivity index (χ2v) is 4.86. The summed E-state index contributed by atoms with van der Waals surface area (Å²) in [5.74, 6) is 1.31. The average molecular weight is 217 g/mol. The van der Waals surface area contributed by atoms with Gasteiger partial charge >= 0.3 is 0 Å². The average Bonchev–Trinajstić information content (AvgIpc) is 2.30. The van der Waals surface area contributed by atoms with E-state index in [-0.39, 0.29) is 0 Å². The third-order valence-electron chi connectivity index (χ3n) is 2.71. The van der Waals surface area contributed by atoms with E-state index in [1.165, 1.54) is 46.7 Å². The number of aryl methyl sites for hydroxylation is 1. The van der Waals surface area contributed by atoms with Gasteiger partial charge in [-0.2, -0.15) is 0 Å². The van der Waals surface area contributed by atoms with Crippen molar-refractivity contribution in [2.75, 3.05) is 12.0 Å². The molecule has 0 aliphatic rings. The maximum absolute atomic E-state index is 2.26. The minimum atomic E-state index is 1.21. The number of fused-ring (bicyclic) bond motifs is 1. The molecule has 15 heavy (non-hydrogen) atoms. The van der Waals surface area contributed by atoms with Crippen LogP contribution in [0.2, 0.25) is 0 Å². The molecule has 0 unspecified atom stereocenters. The van der Waals surface area contributed by atoms with Crippen LogP contribution in [0.25, 0.3) is 10.8 Å². The molecule has 0 aliphatic carbocycles. The fourth-order valence-corrected chi connectivity index (χ4v) is 2.41. The molecule has 0 bridgehead atoms. The van der Waals surface area contributed by atoms with Crippen LogP contribution >= 0.6 is 0 Å². The molecule has 0 aliphatic heterocycles. The lowest BCUT2D eigenvalue weighted by atomic mass is 10.0. The minimum absolute atomic E-state index is 1.21. The standard InChI is InChI=1S/C14H16S/c1-15-11-5-9-13-8-4-7-12-6-2-3-10-14(12)13/h2-4,6-8,10H,5,9,11H2,1H3/p+1. The van der Waals surface area contributed by atoms with E-state index in [9.17, 15) is 0 Å². The van der Waals surface area contributed by atoms with Crippen molar-refractivity contribution in [3.63, 3.8) is 0 Å². The molecule has 0 spiro atoms.